The summed E-state index contributed by atoms with van der Waals surface area (Å²) in [5.74, 6) is -2.65. The van der Waals surface area contributed by atoms with Gasteiger partial charge in [0.05, 0.1) is 36.2 Å². The number of carbonyl (C=O) groups excluding carboxylic acids is 1. The van der Waals surface area contributed by atoms with Crippen LogP contribution in [0.2, 0.25) is 0 Å². The SMILES string of the molecule is Nc1cncc(-c2ccc3[nH]nc(C(=O)Nc4ccc(N5CC(F)(F)C5)nc4)c3c2)c1. The second-order valence-electron chi connectivity index (χ2n) is 7.41. The number of anilines is 3. The van der Waals surface area contributed by atoms with Gasteiger partial charge < -0.3 is 16.0 Å². The summed E-state index contributed by atoms with van der Waals surface area (Å²) in [6.07, 6.45) is 4.69. The number of H-pyrrole nitrogens is 1. The Morgan fingerprint density at radius 2 is 1.94 bits per heavy atom. The van der Waals surface area contributed by atoms with Crippen molar-refractivity contribution in [3.05, 3.63) is 60.7 Å². The largest absolute Gasteiger partial charge is 0.397 e. The summed E-state index contributed by atoms with van der Waals surface area (Å²) in [5.41, 5.74) is 9.40. The molecule has 1 aliphatic heterocycles. The number of benzene rings is 1. The monoisotopic (exact) mass is 421 g/mol. The normalized spacial score (nSPS) is 15.0. The van der Waals surface area contributed by atoms with E-state index in [1.807, 2.05) is 18.2 Å². The molecule has 0 aliphatic carbocycles. The third-order valence-electron chi connectivity index (χ3n) is 5.04. The summed E-state index contributed by atoms with van der Waals surface area (Å²) < 4.78 is 26.0. The molecule has 1 aliphatic rings. The zero-order valence-corrected chi connectivity index (χ0v) is 16.1. The average molecular weight is 421 g/mol. The first-order valence-corrected chi connectivity index (χ1v) is 9.47. The second kappa shape index (κ2) is 7.01. The Morgan fingerprint density at radius 3 is 2.65 bits per heavy atom. The van der Waals surface area contributed by atoms with E-state index in [2.05, 4.69) is 25.5 Å². The lowest BCUT2D eigenvalue weighted by atomic mass is 10.0. The van der Waals surface area contributed by atoms with Crippen LogP contribution in [0.3, 0.4) is 0 Å². The smallest absolute Gasteiger partial charge is 0.282 e. The summed E-state index contributed by atoms with van der Waals surface area (Å²) >= 11 is 0. The lowest BCUT2D eigenvalue weighted by Crippen LogP contribution is -2.56. The molecule has 0 spiro atoms. The molecule has 3 aromatic heterocycles. The minimum absolute atomic E-state index is 0.222. The molecule has 4 aromatic rings. The van der Waals surface area contributed by atoms with E-state index in [0.29, 0.717) is 28.1 Å². The molecule has 5 rings (SSSR count). The number of hydrogen-bond donors (Lipinski definition) is 3. The van der Waals surface area contributed by atoms with Gasteiger partial charge in [0, 0.05) is 23.3 Å². The molecule has 8 nitrogen and oxygen atoms in total. The highest BCUT2D eigenvalue weighted by atomic mass is 19.3. The highest BCUT2D eigenvalue weighted by molar-refractivity contribution is 6.11. The van der Waals surface area contributed by atoms with E-state index in [1.165, 1.54) is 11.1 Å². The molecule has 0 bridgehead atoms. The van der Waals surface area contributed by atoms with Crippen molar-refractivity contribution < 1.29 is 13.6 Å². The van der Waals surface area contributed by atoms with Crippen LogP contribution in [-0.4, -0.2) is 45.1 Å². The number of aromatic nitrogens is 4. The molecule has 1 saturated heterocycles. The van der Waals surface area contributed by atoms with Gasteiger partial charge >= 0.3 is 0 Å². The van der Waals surface area contributed by atoms with Crippen molar-refractivity contribution in [3.63, 3.8) is 0 Å². The van der Waals surface area contributed by atoms with Crippen molar-refractivity contribution in [2.24, 2.45) is 0 Å². The van der Waals surface area contributed by atoms with Crippen molar-refractivity contribution in [1.82, 2.24) is 20.2 Å². The van der Waals surface area contributed by atoms with Gasteiger partial charge in [0.15, 0.2) is 5.69 Å². The minimum atomic E-state index is -2.67. The van der Waals surface area contributed by atoms with Gasteiger partial charge in [-0.15, -0.1) is 0 Å². The van der Waals surface area contributed by atoms with Gasteiger partial charge in [-0.25, -0.2) is 13.8 Å². The number of pyridine rings is 2. The van der Waals surface area contributed by atoms with E-state index in [0.717, 1.165) is 11.1 Å². The van der Waals surface area contributed by atoms with Crippen LogP contribution >= 0.6 is 0 Å². The first kappa shape index (κ1) is 18.9. The Bertz CT molecular complexity index is 1280. The van der Waals surface area contributed by atoms with Gasteiger partial charge in [0.2, 0.25) is 0 Å². The van der Waals surface area contributed by atoms with Crippen molar-refractivity contribution in [3.8, 4) is 11.1 Å². The van der Waals surface area contributed by atoms with E-state index < -0.39 is 11.8 Å². The third kappa shape index (κ3) is 3.63. The molecule has 10 heteroatoms. The highest BCUT2D eigenvalue weighted by Gasteiger charge is 2.44. The van der Waals surface area contributed by atoms with Crippen molar-refractivity contribution in [2.75, 3.05) is 29.0 Å². The zero-order chi connectivity index (χ0) is 21.6. The number of alkyl halides is 2. The standard InChI is InChI=1S/C21H17F2N7O/c22-21(23)10-30(11-21)18-4-2-15(9-26-18)27-20(31)19-16-6-12(1-3-17(16)28-29-19)13-5-14(24)8-25-7-13/h1-9H,10-11,24H2,(H,27,31)(H,28,29). The number of carbonyl (C=O) groups is 1. The summed E-state index contributed by atoms with van der Waals surface area (Å²) in [6, 6.07) is 10.6. The number of amides is 1. The molecule has 0 unspecified atom stereocenters. The molecule has 31 heavy (non-hydrogen) atoms. The number of halogens is 2. The summed E-state index contributed by atoms with van der Waals surface area (Å²) in [4.78, 5) is 22.5. The number of aromatic amines is 1. The zero-order valence-electron chi connectivity index (χ0n) is 16.1. The van der Waals surface area contributed by atoms with Gasteiger partial charge in [-0.05, 0) is 35.9 Å². The maximum Gasteiger partial charge on any atom is 0.282 e. The molecule has 4 N–H and O–H groups in total. The quantitative estimate of drug-likeness (QED) is 0.466. The number of nitrogen functional groups attached to an aromatic ring is 1. The fraction of sp³-hybridized carbons (Fsp3) is 0.143. The van der Waals surface area contributed by atoms with Gasteiger partial charge in [-0.2, -0.15) is 5.10 Å². The fourth-order valence-corrected chi connectivity index (χ4v) is 3.49. The van der Waals surface area contributed by atoms with E-state index >= 15 is 0 Å². The molecule has 4 heterocycles. The summed E-state index contributed by atoms with van der Waals surface area (Å²) in [7, 11) is 0. The number of nitrogens with zero attached hydrogens (tertiary/aromatic N) is 4. The summed E-state index contributed by atoms with van der Waals surface area (Å²) in [5, 5.41) is 10.4. The Balaban J connectivity index is 1.37. The van der Waals surface area contributed by atoms with E-state index in [1.54, 1.807) is 30.6 Å². The van der Waals surface area contributed by atoms with Gasteiger partial charge in [-0.1, -0.05) is 6.07 Å². The van der Waals surface area contributed by atoms with E-state index in [-0.39, 0.29) is 18.8 Å². The van der Waals surface area contributed by atoms with Crippen molar-refractivity contribution in [1.29, 1.82) is 0 Å². The van der Waals surface area contributed by atoms with Crippen LogP contribution in [0.1, 0.15) is 10.5 Å². The molecule has 1 amide bonds. The molecule has 1 fully saturated rings. The average Bonchev–Trinajstić information content (AvgIpc) is 3.16. The molecule has 0 radical (unpaired) electrons. The molecule has 1 aromatic carbocycles. The number of fused-ring (bicyclic) bond motifs is 1. The molecular formula is C21H17F2N7O. The molecular weight excluding hydrogens is 404 g/mol. The maximum absolute atomic E-state index is 13.0. The van der Waals surface area contributed by atoms with Crippen LogP contribution in [0.25, 0.3) is 22.0 Å². The van der Waals surface area contributed by atoms with Gasteiger partial charge in [0.25, 0.3) is 11.8 Å². The molecule has 156 valence electrons. The lowest BCUT2D eigenvalue weighted by molar-refractivity contribution is -0.0267. The summed E-state index contributed by atoms with van der Waals surface area (Å²) in [6.45, 7) is -0.703. The van der Waals surface area contributed by atoms with Crippen molar-refractivity contribution in [2.45, 2.75) is 5.92 Å². The Hall–Kier alpha value is -4.08. The third-order valence-corrected chi connectivity index (χ3v) is 5.04. The first-order chi connectivity index (χ1) is 14.9. The Kier molecular flexibility index (Phi) is 4.28. The van der Waals surface area contributed by atoms with Crippen LogP contribution < -0.4 is 16.0 Å². The van der Waals surface area contributed by atoms with E-state index in [9.17, 15) is 13.6 Å². The van der Waals surface area contributed by atoms with Gasteiger partial charge in [0.1, 0.15) is 5.82 Å². The predicted molar refractivity (Wildman–Crippen MR) is 113 cm³/mol. The lowest BCUT2D eigenvalue weighted by Gasteiger charge is -2.39. The predicted octanol–water partition coefficient (Wildman–Crippen LogP) is 3.31. The Labute approximate surface area is 175 Å². The minimum Gasteiger partial charge on any atom is -0.397 e. The molecule has 0 atom stereocenters. The van der Waals surface area contributed by atoms with Crippen LogP contribution in [0.4, 0.5) is 26.0 Å². The number of hydrogen-bond acceptors (Lipinski definition) is 6. The highest BCUT2D eigenvalue weighted by Crippen LogP contribution is 2.31. The molecule has 0 saturated carbocycles. The first-order valence-electron chi connectivity index (χ1n) is 9.47. The van der Waals surface area contributed by atoms with Gasteiger partial charge in [-0.3, -0.25) is 14.9 Å². The number of rotatable bonds is 4. The number of nitrogens with one attached hydrogen (secondary N) is 2. The van der Waals surface area contributed by atoms with Crippen LogP contribution in [0.5, 0.6) is 0 Å². The van der Waals surface area contributed by atoms with E-state index in [4.69, 9.17) is 5.73 Å². The Morgan fingerprint density at radius 1 is 1.10 bits per heavy atom. The van der Waals surface area contributed by atoms with Crippen molar-refractivity contribution >= 4 is 34.0 Å². The number of nitrogens with two attached hydrogens (primary N) is 1. The topological polar surface area (TPSA) is 113 Å². The second-order valence-corrected chi connectivity index (χ2v) is 7.41. The fourth-order valence-electron chi connectivity index (χ4n) is 3.49. The van der Waals surface area contributed by atoms with Crippen LogP contribution in [-0.2, 0) is 0 Å². The van der Waals surface area contributed by atoms with Crippen LogP contribution in [0, 0.1) is 0 Å². The maximum atomic E-state index is 13.0. The van der Waals surface area contributed by atoms with Crippen LogP contribution in [0.15, 0.2) is 55.0 Å².